The SMILES string of the molecule is CC(C)(CCNC(=O)COc1ccc(-c2cc(OCC(=O)NCCC(C)(C)OCC(C)(C)C(=O)NCCN)cc(C(=O)OCc3ccccc3)c2)cc1)OCC(C)(C)C(=O)NCCN. The third kappa shape index (κ3) is 19.1. The molecule has 64 heavy (non-hydrogen) atoms. The number of hydrogen-bond donors (Lipinski definition) is 6. The lowest BCUT2D eigenvalue weighted by molar-refractivity contribution is -0.138. The zero-order valence-corrected chi connectivity index (χ0v) is 38.9. The van der Waals surface area contributed by atoms with Gasteiger partial charge in [-0.25, -0.2) is 4.79 Å². The summed E-state index contributed by atoms with van der Waals surface area (Å²) in [6, 6.07) is 21.2. The van der Waals surface area contributed by atoms with Crippen molar-refractivity contribution in [2.75, 3.05) is 65.7 Å². The molecule has 0 aliphatic carbocycles. The van der Waals surface area contributed by atoms with Crippen molar-refractivity contribution in [2.45, 2.75) is 86.0 Å². The van der Waals surface area contributed by atoms with Crippen LogP contribution in [0.4, 0.5) is 0 Å². The van der Waals surface area contributed by atoms with Gasteiger partial charge in [-0.05, 0) is 115 Å². The van der Waals surface area contributed by atoms with Gasteiger partial charge in [0.05, 0.1) is 40.8 Å². The van der Waals surface area contributed by atoms with Crippen molar-refractivity contribution in [2.24, 2.45) is 22.3 Å². The van der Waals surface area contributed by atoms with Gasteiger partial charge < -0.3 is 56.4 Å². The maximum atomic E-state index is 13.3. The van der Waals surface area contributed by atoms with E-state index in [1.807, 2.05) is 58.0 Å². The quantitative estimate of drug-likeness (QED) is 0.0562. The van der Waals surface area contributed by atoms with E-state index >= 15 is 0 Å². The highest BCUT2D eigenvalue weighted by atomic mass is 16.5. The minimum absolute atomic E-state index is 0.0705. The second-order valence-electron chi connectivity index (χ2n) is 18.1. The van der Waals surface area contributed by atoms with E-state index in [4.69, 9.17) is 35.2 Å². The number of benzene rings is 3. The van der Waals surface area contributed by atoms with Crippen LogP contribution >= 0.6 is 0 Å². The van der Waals surface area contributed by atoms with E-state index in [9.17, 15) is 24.0 Å². The van der Waals surface area contributed by atoms with Crippen LogP contribution in [0.1, 0.15) is 84.2 Å². The first kappa shape index (κ1) is 52.8. The van der Waals surface area contributed by atoms with E-state index in [1.165, 1.54) is 6.07 Å². The van der Waals surface area contributed by atoms with Crippen molar-refractivity contribution in [1.82, 2.24) is 21.3 Å². The molecule has 0 atom stereocenters. The Balaban J connectivity index is 1.58. The van der Waals surface area contributed by atoms with Crippen molar-refractivity contribution < 1.29 is 47.7 Å². The van der Waals surface area contributed by atoms with Gasteiger partial charge >= 0.3 is 5.97 Å². The van der Waals surface area contributed by atoms with Gasteiger partial charge in [-0.15, -0.1) is 0 Å². The highest BCUT2D eigenvalue weighted by Gasteiger charge is 2.32. The van der Waals surface area contributed by atoms with Gasteiger partial charge in [-0.3, -0.25) is 19.2 Å². The Morgan fingerprint density at radius 2 is 1.03 bits per heavy atom. The molecular formula is C48H70N6O10. The summed E-state index contributed by atoms with van der Waals surface area (Å²) >= 11 is 0. The normalized spacial score (nSPS) is 11.9. The Kier molecular flexibility index (Phi) is 20.7. The fourth-order valence-corrected chi connectivity index (χ4v) is 5.80. The monoisotopic (exact) mass is 891 g/mol. The lowest BCUT2D eigenvalue weighted by atomic mass is 9.93. The van der Waals surface area contributed by atoms with E-state index in [0.29, 0.717) is 69.0 Å². The number of rotatable bonds is 28. The molecule has 0 unspecified atom stereocenters. The topological polar surface area (TPSA) is 232 Å². The fraction of sp³-hybridized carbons (Fsp3) is 0.521. The van der Waals surface area contributed by atoms with Gasteiger partial charge in [0.1, 0.15) is 18.1 Å². The average Bonchev–Trinajstić information content (AvgIpc) is 3.26. The molecule has 3 aromatic rings. The van der Waals surface area contributed by atoms with Crippen molar-refractivity contribution in [3.63, 3.8) is 0 Å². The van der Waals surface area contributed by atoms with Crippen LogP contribution in [0.5, 0.6) is 11.5 Å². The predicted molar refractivity (Wildman–Crippen MR) is 245 cm³/mol. The molecule has 0 fully saturated rings. The van der Waals surface area contributed by atoms with Gasteiger partial charge in [0.15, 0.2) is 13.2 Å². The number of hydrogen-bond acceptors (Lipinski definition) is 12. The molecule has 0 radical (unpaired) electrons. The number of nitrogens with one attached hydrogen (secondary N) is 4. The van der Waals surface area contributed by atoms with Crippen LogP contribution in [0.3, 0.4) is 0 Å². The summed E-state index contributed by atoms with van der Waals surface area (Å²) in [7, 11) is 0. The summed E-state index contributed by atoms with van der Waals surface area (Å²) in [6.07, 6.45) is 0.985. The maximum Gasteiger partial charge on any atom is 0.338 e. The third-order valence-corrected chi connectivity index (χ3v) is 10.1. The number of carbonyl (C=O) groups is 5. The molecule has 352 valence electrons. The molecule has 8 N–H and O–H groups in total. The van der Waals surface area contributed by atoms with Crippen LogP contribution in [-0.2, 0) is 40.0 Å². The predicted octanol–water partition coefficient (Wildman–Crippen LogP) is 4.27. The minimum atomic E-state index is -0.762. The Bertz CT molecular complexity index is 1970. The molecule has 0 saturated heterocycles. The van der Waals surface area contributed by atoms with E-state index in [2.05, 4.69) is 21.3 Å². The first-order valence-electron chi connectivity index (χ1n) is 21.7. The van der Waals surface area contributed by atoms with Crippen LogP contribution in [0.25, 0.3) is 11.1 Å². The van der Waals surface area contributed by atoms with Gasteiger partial charge in [0.2, 0.25) is 11.8 Å². The lowest BCUT2D eigenvalue weighted by Crippen LogP contribution is -2.44. The minimum Gasteiger partial charge on any atom is -0.484 e. The van der Waals surface area contributed by atoms with Gasteiger partial charge in [-0.2, -0.15) is 0 Å². The molecule has 0 spiro atoms. The molecule has 0 heterocycles. The smallest absolute Gasteiger partial charge is 0.338 e. The maximum absolute atomic E-state index is 13.3. The largest absolute Gasteiger partial charge is 0.484 e. The number of esters is 1. The van der Waals surface area contributed by atoms with Gasteiger partial charge in [0, 0.05) is 39.3 Å². The molecule has 0 aliphatic heterocycles. The number of nitrogens with two attached hydrogens (primary N) is 2. The Hall–Kier alpha value is -5.55. The van der Waals surface area contributed by atoms with E-state index < -0.39 is 28.0 Å². The third-order valence-electron chi connectivity index (χ3n) is 10.1. The van der Waals surface area contributed by atoms with E-state index in [-0.39, 0.29) is 68.0 Å². The summed E-state index contributed by atoms with van der Waals surface area (Å²) < 4.78 is 29.4. The molecule has 16 heteroatoms. The summed E-state index contributed by atoms with van der Waals surface area (Å²) in [5, 5.41) is 11.3. The number of amides is 4. The van der Waals surface area contributed by atoms with E-state index in [1.54, 1.807) is 64.1 Å². The summed E-state index contributed by atoms with van der Waals surface area (Å²) in [5.41, 5.74) is 10.7. The van der Waals surface area contributed by atoms with Gasteiger partial charge in [0.25, 0.3) is 11.8 Å². The molecule has 0 saturated carbocycles. The zero-order valence-electron chi connectivity index (χ0n) is 38.9. The van der Waals surface area contributed by atoms with Crippen LogP contribution in [0, 0.1) is 10.8 Å². The molecular weight excluding hydrogens is 821 g/mol. The summed E-state index contributed by atoms with van der Waals surface area (Å²) in [5.74, 6) is -0.811. The summed E-state index contributed by atoms with van der Waals surface area (Å²) in [4.78, 5) is 63.8. The molecule has 3 rings (SSSR count). The highest BCUT2D eigenvalue weighted by molar-refractivity contribution is 5.92. The Morgan fingerprint density at radius 1 is 0.547 bits per heavy atom. The number of ether oxygens (including phenoxy) is 5. The van der Waals surface area contributed by atoms with Crippen molar-refractivity contribution in [1.29, 1.82) is 0 Å². The van der Waals surface area contributed by atoms with E-state index in [0.717, 1.165) is 5.56 Å². The number of carbonyl (C=O) groups excluding carboxylic acids is 5. The van der Waals surface area contributed by atoms with Crippen molar-refractivity contribution in [3.8, 4) is 22.6 Å². The van der Waals surface area contributed by atoms with Crippen LogP contribution < -0.4 is 42.2 Å². The van der Waals surface area contributed by atoms with Crippen LogP contribution in [-0.4, -0.2) is 106 Å². The standard InChI is InChI=1S/C48H70N6O10/c1-45(2,43(58)53-24-20-49)32-63-47(5,6)18-22-51-40(55)30-60-38-16-14-35(15-17-38)36-26-37(42(57)62-29-34-12-10-9-11-13-34)28-39(27-36)61-31-41(56)52-23-19-48(7,8)64-33-46(3,4)44(59)54-25-21-50/h9-17,26-28H,18-25,29-33,49-50H2,1-8H3,(H,51,55)(H,52,56)(H,53,58)(H,54,59). The van der Waals surface area contributed by atoms with Crippen LogP contribution in [0.15, 0.2) is 72.8 Å². The van der Waals surface area contributed by atoms with Gasteiger partial charge in [-0.1, -0.05) is 42.5 Å². The van der Waals surface area contributed by atoms with Crippen molar-refractivity contribution in [3.05, 3.63) is 83.9 Å². The first-order valence-corrected chi connectivity index (χ1v) is 21.7. The highest BCUT2D eigenvalue weighted by Crippen LogP contribution is 2.29. The molecule has 16 nitrogen and oxygen atoms in total. The van der Waals surface area contributed by atoms with Crippen LogP contribution in [0.2, 0.25) is 0 Å². The first-order chi connectivity index (χ1) is 30.1. The fourth-order valence-electron chi connectivity index (χ4n) is 5.80. The molecule has 0 bridgehead atoms. The molecule has 0 aromatic heterocycles. The van der Waals surface area contributed by atoms with Crippen molar-refractivity contribution >= 4 is 29.6 Å². The molecule has 4 amide bonds. The molecule has 0 aliphatic rings. The second kappa shape index (κ2) is 25.1. The molecule has 3 aromatic carbocycles. The Morgan fingerprint density at radius 3 is 1.52 bits per heavy atom. The zero-order chi connectivity index (χ0) is 47.4. The Labute approximate surface area is 378 Å². The average molecular weight is 891 g/mol. The summed E-state index contributed by atoms with van der Waals surface area (Å²) in [6.45, 7) is 16.8. The second-order valence-corrected chi connectivity index (χ2v) is 18.1. The lowest BCUT2D eigenvalue weighted by Gasteiger charge is -2.31.